The highest BCUT2D eigenvalue weighted by Gasteiger charge is 2.40. The van der Waals surface area contributed by atoms with Crippen molar-refractivity contribution in [1.82, 2.24) is 30.6 Å². The maximum Gasteiger partial charge on any atom is 0.416 e. The average molecular weight is 1000 g/mol. The Morgan fingerprint density at radius 2 is 1.49 bits per heavy atom. The van der Waals surface area contributed by atoms with Gasteiger partial charge >= 0.3 is 24.5 Å². The molecule has 0 unspecified atom stereocenters. The maximum atomic E-state index is 13.7. The molecule has 1 amide bonds. The largest absolute Gasteiger partial charge is 0.459 e. The van der Waals surface area contributed by atoms with Crippen LogP contribution in [0.5, 0.6) is 0 Å². The summed E-state index contributed by atoms with van der Waals surface area (Å²) in [6.07, 6.45) is -14.2. The Balaban J connectivity index is 0.000000261. The molecule has 0 saturated carbocycles. The van der Waals surface area contributed by atoms with Crippen LogP contribution in [0.3, 0.4) is 0 Å². The lowest BCUT2D eigenvalue weighted by molar-refractivity contribution is -0.231. The summed E-state index contributed by atoms with van der Waals surface area (Å²) in [6.45, 7) is 6.65. The van der Waals surface area contributed by atoms with Crippen LogP contribution >= 0.6 is 12.4 Å². The fraction of sp³-hybridized carbons (Fsp3) is 0.362. The Kier molecular flexibility index (Phi) is 17.7. The lowest BCUT2D eigenvalue weighted by Crippen LogP contribution is -2.46. The molecule has 3 N–H and O–H groups in total. The number of hydrogen-bond donors (Lipinski definition) is 3. The van der Waals surface area contributed by atoms with Crippen molar-refractivity contribution in [2.75, 3.05) is 13.2 Å². The van der Waals surface area contributed by atoms with E-state index in [1.165, 1.54) is 51.1 Å². The quantitative estimate of drug-likeness (QED) is 0.0769. The molecule has 0 radical (unpaired) electrons. The predicted molar refractivity (Wildman–Crippen MR) is 234 cm³/mol. The third kappa shape index (κ3) is 14.3. The van der Waals surface area contributed by atoms with E-state index < -0.39 is 77.4 Å². The molecule has 0 spiro atoms. The summed E-state index contributed by atoms with van der Waals surface area (Å²) in [4.78, 5) is 29.2. The number of nitrogens with one attached hydrogen (secondary N) is 3. The Morgan fingerprint density at radius 1 is 0.870 bits per heavy atom. The highest BCUT2D eigenvalue weighted by Crippen LogP contribution is 2.40. The smallest absolute Gasteiger partial charge is 0.416 e. The Morgan fingerprint density at radius 3 is 2.12 bits per heavy atom. The molecule has 3 heterocycles. The monoisotopic (exact) mass is 1000 g/mol. The molecule has 1 fully saturated rings. The zero-order valence-electron chi connectivity index (χ0n) is 37.3. The molecule has 2 aromatic heterocycles. The lowest BCUT2D eigenvalue weighted by atomic mass is 10.0. The minimum absolute atomic E-state index is 0. The van der Waals surface area contributed by atoms with Gasteiger partial charge in [0.25, 0.3) is 0 Å². The van der Waals surface area contributed by atoms with Gasteiger partial charge < -0.3 is 24.5 Å². The molecular weight excluding hydrogens is 954 g/mol. The van der Waals surface area contributed by atoms with Gasteiger partial charge in [0.1, 0.15) is 18.5 Å². The van der Waals surface area contributed by atoms with Gasteiger partial charge in [-0.2, -0.15) is 54.9 Å². The van der Waals surface area contributed by atoms with Gasteiger partial charge in [-0.15, -0.1) is 12.4 Å². The number of H-pyrrole nitrogens is 2. The van der Waals surface area contributed by atoms with Crippen molar-refractivity contribution in [2.45, 2.75) is 96.7 Å². The number of para-hydroxylation sites is 1. The van der Waals surface area contributed by atoms with Gasteiger partial charge in [-0.25, -0.2) is 9.18 Å². The molecule has 1 saturated heterocycles. The van der Waals surface area contributed by atoms with Crippen LogP contribution in [0.4, 0.5) is 43.9 Å². The van der Waals surface area contributed by atoms with Crippen molar-refractivity contribution in [3.63, 3.8) is 0 Å². The third-order valence-electron chi connectivity index (χ3n) is 10.9. The first-order chi connectivity index (χ1) is 32.0. The molecule has 22 heteroatoms. The van der Waals surface area contributed by atoms with Crippen LogP contribution in [0.25, 0.3) is 10.9 Å². The van der Waals surface area contributed by atoms with Crippen molar-refractivity contribution < 1.29 is 67.7 Å². The minimum Gasteiger partial charge on any atom is -0.459 e. The number of aromatic nitrogens is 4. The second-order valence-corrected chi connectivity index (χ2v) is 16.0. The number of carbonyl (C=O) groups is 2. The summed E-state index contributed by atoms with van der Waals surface area (Å²) >= 11 is 0. The van der Waals surface area contributed by atoms with Crippen LogP contribution in [-0.4, -0.2) is 62.7 Å². The van der Waals surface area contributed by atoms with E-state index in [-0.39, 0.29) is 49.2 Å². The Hall–Kier alpha value is -6.03. The lowest BCUT2D eigenvalue weighted by Gasteiger charge is -2.42. The predicted octanol–water partition coefficient (Wildman–Crippen LogP) is 10.9. The van der Waals surface area contributed by atoms with Crippen LogP contribution in [0.15, 0.2) is 91.1 Å². The van der Waals surface area contributed by atoms with Gasteiger partial charge in [0.2, 0.25) is 5.91 Å². The summed E-state index contributed by atoms with van der Waals surface area (Å²) in [5, 5.41) is 14.4. The second kappa shape index (κ2) is 22.6. The van der Waals surface area contributed by atoms with Crippen LogP contribution in [-0.2, 0) is 68.3 Å². The number of fused-ring (bicyclic) bond motifs is 1. The van der Waals surface area contributed by atoms with Gasteiger partial charge in [-0.3, -0.25) is 9.69 Å². The van der Waals surface area contributed by atoms with Gasteiger partial charge in [0.05, 0.1) is 46.8 Å². The van der Waals surface area contributed by atoms with E-state index in [0.717, 1.165) is 34.3 Å². The summed E-state index contributed by atoms with van der Waals surface area (Å²) in [6, 6.07) is 16.3. The van der Waals surface area contributed by atoms with Gasteiger partial charge in [0.15, 0.2) is 6.29 Å². The standard InChI is InChI=1S/C25H25F7N4O2.C22H21F3N2O3.ClH/c1-3-20-21(34-35-33-20)13-36-8-9-37-23(22(36)15-4-6-19(26)7-5-15)38-14(2)16-10-17(24(27,28)29)12-18(11-16)25(30,31)32;1-13-7-15(9-17(8-13)22(23,24)25)12-30-21(29)20(27-14(2)28)10-16-11-26-19-6-4-3-5-18(16)19;/h4-7,10-12,14,22-23H,3,8-9,13H2,1-2H3,(H,33,34,35);3-9,11,20,26H,10,12H2,1-2H3,(H,27,28);1H/t14-,22+,23-;20-;/m11./s1. The highest BCUT2D eigenvalue weighted by atomic mass is 35.5. The number of ether oxygens (including phenoxy) is 3. The normalized spacial score (nSPS) is 16.5. The summed E-state index contributed by atoms with van der Waals surface area (Å²) in [5.41, 5.74) is 0.362. The highest BCUT2D eigenvalue weighted by molar-refractivity contribution is 5.87. The number of hydrogen-bond acceptors (Lipinski definition) is 8. The van der Waals surface area contributed by atoms with E-state index in [1.807, 2.05) is 36.1 Å². The summed E-state index contributed by atoms with van der Waals surface area (Å²) < 4.78 is 150. The molecule has 7 rings (SSSR count). The SMILES string of the molecule is CC(=O)N[C@H](Cc1c[nH]c2ccccc12)C(=O)OCc1cc(C)cc(C(F)(F)F)c1.CCc1n[nH]nc1CN1CCO[C@H](O[C@H](C)c2cc(C(F)(F)F)cc(C(F)(F)F)c2)[C@@H]1c1ccc(F)cc1.Cl. The van der Waals surface area contributed by atoms with Crippen LogP contribution in [0, 0.1) is 12.7 Å². The number of aromatic amines is 2. The number of alkyl halides is 9. The number of rotatable bonds is 13. The van der Waals surface area contributed by atoms with Crippen molar-refractivity contribution in [1.29, 1.82) is 0 Å². The first kappa shape index (κ1) is 53.9. The molecule has 1 aliphatic heterocycles. The first-order valence-electron chi connectivity index (χ1n) is 21.1. The minimum atomic E-state index is -4.99. The first-order valence-corrected chi connectivity index (χ1v) is 21.1. The van der Waals surface area contributed by atoms with E-state index >= 15 is 0 Å². The van der Waals surface area contributed by atoms with Crippen molar-refractivity contribution >= 4 is 35.2 Å². The number of benzene rings is 4. The number of amides is 1. The Labute approximate surface area is 395 Å². The van der Waals surface area contributed by atoms with Crippen LogP contribution < -0.4 is 5.32 Å². The van der Waals surface area contributed by atoms with E-state index in [1.54, 1.807) is 6.20 Å². The number of nitrogens with zero attached hydrogens (tertiary/aromatic N) is 3. The molecule has 1 aliphatic rings. The molecule has 4 atom stereocenters. The molecule has 4 aromatic carbocycles. The number of morpholine rings is 1. The second-order valence-electron chi connectivity index (χ2n) is 16.0. The van der Waals surface area contributed by atoms with Crippen molar-refractivity contribution in [2.24, 2.45) is 0 Å². The Bertz CT molecular complexity index is 2640. The molecule has 0 aliphatic carbocycles. The fourth-order valence-corrected chi connectivity index (χ4v) is 7.70. The number of halogens is 11. The average Bonchev–Trinajstić information content (AvgIpc) is 3.91. The zero-order chi connectivity index (χ0) is 49.6. The number of carbonyl (C=O) groups excluding carboxylic acids is 2. The fourth-order valence-electron chi connectivity index (χ4n) is 7.70. The van der Waals surface area contributed by atoms with Crippen LogP contribution in [0.1, 0.15) is 88.8 Å². The molecule has 0 bridgehead atoms. The number of esters is 1. The number of aryl methyl sites for hydroxylation is 2. The molecule has 69 heavy (non-hydrogen) atoms. The van der Waals surface area contributed by atoms with Crippen molar-refractivity contribution in [3.05, 3.63) is 153 Å². The molecule has 6 aromatic rings. The van der Waals surface area contributed by atoms with Gasteiger partial charge in [-0.05, 0) is 91.1 Å². The molecule has 372 valence electrons. The van der Waals surface area contributed by atoms with Gasteiger partial charge in [0, 0.05) is 43.5 Å². The topological polar surface area (TPSA) is 134 Å². The van der Waals surface area contributed by atoms with E-state index in [9.17, 15) is 53.5 Å². The summed E-state index contributed by atoms with van der Waals surface area (Å²) in [5.74, 6) is -1.60. The third-order valence-corrected chi connectivity index (χ3v) is 10.9. The van der Waals surface area contributed by atoms with E-state index in [2.05, 4.69) is 25.7 Å². The molecule has 11 nitrogen and oxygen atoms in total. The van der Waals surface area contributed by atoms with Crippen molar-refractivity contribution in [3.8, 4) is 0 Å². The molecular formula is C47H47ClF10N6O5. The summed E-state index contributed by atoms with van der Waals surface area (Å²) in [7, 11) is 0. The van der Waals surface area contributed by atoms with E-state index in [4.69, 9.17) is 14.2 Å². The maximum absolute atomic E-state index is 13.7. The zero-order valence-corrected chi connectivity index (χ0v) is 38.1. The van der Waals surface area contributed by atoms with Crippen LogP contribution in [0.2, 0.25) is 0 Å². The van der Waals surface area contributed by atoms with E-state index in [0.29, 0.717) is 48.5 Å². The van der Waals surface area contributed by atoms with Gasteiger partial charge in [-0.1, -0.05) is 48.9 Å².